The van der Waals surface area contributed by atoms with Gasteiger partial charge in [0.2, 0.25) is 5.91 Å². The summed E-state index contributed by atoms with van der Waals surface area (Å²) in [5.41, 5.74) is 6.34. The molecule has 2 rings (SSSR count). The standard InChI is InChI=1S/C15H18N2O3S/c1-17(9-12-4-3-7-20-12)15(18)10-21-14-6-5-11(16)8-13(14)19-2/h3-8H,9-10,16H2,1-2H3. The molecule has 2 N–H and O–H groups in total. The van der Waals surface area contributed by atoms with E-state index in [2.05, 4.69) is 0 Å². The van der Waals surface area contributed by atoms with Gasteiger partial charge in [-0.2, -0.15) is 0 Å². The van der Waals surface area contributed by atoms with Crippen molar-refractivity contribution >= 4 is 23.4 Å². The van der Waals surface area contributed by atoms with E-state index in [-0.39, 0.29) is 5.91 Å². The van der Waals surface area contributed by atoms with E-state index in [1.54, 1.807) is 37.5 Å². The lowest BCUT2D eigenvalue weighted by Crippen LogP contribution is -2.27. The normalized spacial score (nSPS) is 10.4. The van der Waals surface area contributed by atoms with Crippen molar-refractivity contribution in [3.05, 3.63) is 42.4 Å². The average Bonchev–Trinajstić information content (AvgIpc) is 2.98. The molecule has 0 aliphatic heterocycles. The SMILES string of the molecule is COc1cc(N)ccc1SCC(=O)N(C)Cc1ccco1. The Balaban J connectivity index is 1.91. The van der Waals surface area contributed by atoms with Gasteiger partial charge in [0.05, 0.1) is 25.7 Å². The largest absolute Gasteiger partial charge is 0.496 e. The van der Waals surface area contributed by atoms with Crippen LogP contribution in [0.1, 0.15) is 5.76 Å². The van der Waals surface area contributed by atoms with E-state index < -0.39 is 0 Å². The number of hydrogen-bond acceptors (Lipinski definition) is 5. The van der Waals surface area contributed by atoms with Crippen LogP contribution in [0.4, 0.5) is 5.69 Å². The van der Waals surface area contributed by atoms with Crippen molar-refractivity contribution in [3.63, 3.8) is 0 Å². The molecule has 5 nitrogen and oxygen atoms in total. The third kappa shape index (κ3) is 4.19. The van der Waals surface area contributed by atoms with E-state index >= 15 is 0 Å². The fraction of sp³-hybridized carbons (Fsp3) is 0.267. The van der Waals surface area contributed by atoms with Gasteiger partial charge < -0.3 is 19.8 Å². The number of thioether (sulfide) groups is 1. The predicted molar refractivity (Wildman–Crippen MR) is 83.3 cm³/mol. The Morgan fingerprint density at radius 1 is 1.43 bits per heavy atom. The summed E-state index contributed by atoms with van der Waals surface area (Å²) in [5.74, 6) is 1.80. The molecule has 0 aliphatic carbocycles. The van der Waals surface area contributed by atoms with Crippen molar-refractivity contribution in [2.75, 3.05) is 25.6 Å². The molecule has 0 saturated carbocycles. The minimum absolute atomic E-state index is 0.0234. The highest BCUT2D eigenvalue weighted by atomic mass is 32.2. The molecule has 0 atom stereocenters. The van der Waals surface area contributed by atoms with Crippen LogP contribution in [0.2, 0.25) is 0 Å². The number of ether oxygens (including phenoxy) is 1. The summed E-state index contributed by atoms with van der Waals surface area (Å²) in [5, 5.41) is 0. The van der Waals surface area contributed by atoms with Crippen molar-refractivity contribution in [2.45, 2.75) is 11.4 Å². The number of furan rings is 1. The first kappa shape index (κ1) is 15.3. The number of hydrogen-bond donors (Lipinski definition) is 1. The van der Waals surface area contributed by atoms with Gasteiger partial charge in [0.15, 0.2) is 0 Å². The Morgan fingerprint density at radius 2 is 2.24 bits per heavy atom. The molecule has 0 radical (unpaired) electrons. The Labute approximate surface area is 128 Å². The summed E-state index contributed by atoms with van der Waals surface area (Å²) in [6.45, 7) is 0.464. The van der Waals surface area contributed by atoms with Crippen LogP contribution in [0.25, 0.3) is 0 Å². The van der Waals surface area contributed by atoms with Gasteiger partial charge in [0, 0.05) is 23.7 Å². The van der Waals surface area contributed by atoms with Gasteiger partial charge in [-0.15, -0.1) is 11.8 Å². The molecule has 1 amide bonds. The molecule has 0 spiro atoms. The number of rotatable bonds is 6. The topological polar surface area (TPSA) is 68.7 Å². The highest BCUT2D eigenvalue weighted by molar-refractivity contribution is 8.00. The molecule has 0 saturated heterocycles. The van der Waals surface area contributed by atoms with Gasteiger partial charge in [0.25, 0.3) is 0 Å². The number of amides is 1. The van der Waals surface area contributed by atoms with Crippen LogP contribution in [0, 0.1) is 0 Å². The summed E-state index contributed by atoms with van der Waals surface area (Å²) in [6, 6.07) is 9.06. The van der Waals surface area contributed by atoms with E-state index in [1.807, 2.05) is 18.2 Å². The number of benzene rings is 1. The summed E-state index contributed by atoms with van der Waals surface area (Å²) in [6.07, 6.45) is 1.60. The number of methoxy groups -OCH3 is 1. The molecule has 1 aromatic carbocycles. The van der Waals surface area contributed by atoms with Gasteiger partial charge in [-0.3, -0.25) is 4.79 Å². The third-order valence-corrected chi connectivity index (χ3v) is 3.98. The monoisotopic (exact) mass is 306 g/mol. The quantitative estimate of drug-likeness (QED) is 0.656. The van der Waals surface area contributed by atoms with Crippen LogP contribution >= 0.6 is 11.8 Å². The first-order chi connectivity index (χ1) is 10.1. The number of anilines is 1. The van der Waals surface area contributed by atoms with E-state index in [4.69, 9.17) is 14.9 Å². The van der Waals surface area contributed by atoms with E-state index in [0.29, 0.717) is 23.7 Å². The molecule has 6 heteroatoms. The smallest absolute Gasteiger partial charge is 0.233 e. The molecule has 0 bridgehead atoms. The Hall–Kier alpha value is -2.08. The molecule has 21 heavy (non-hydrogen) atoms. The van der Waals surface area contributed by atoms with E-state index in [0.717, 1.165) is 10.7 Å². The first-order valence-electron chi connectivity index (χ1n) is 6.43. The maximum Gasteiger partial charge on any atom is 0.233 e. The van der Waals surface area contributed by atoms with E-state index in [9.17, 15) is 4.79 Å². The number of carbonyl (C=O) groups excluding carboxylic acids is 1. The Morgan fingerprint density at radius 3 is 2.90 bits per heavy atom. The zero-order valence-corrected chi connectivity index (χ0v) is 12.9. The van der Waals surface area contributed by atoms with Crippen LogP contribution in [-0.4, -0.2) is 30.7 Å². The van der Waals surface area contributed by atoms with E-state index in [1.165, 1.54) is 11.8 Å². The fourth-order valence-corrected chi connectivity index (χ4v) is 2.73. The highest BCUT2D eigenvalue weighted by Crippen LogP contribution is 2.31. The Kier molecular flexibility index (Phi) is 5.16. The summed E-state index contributed by atoms with van der Waals surface area (Å²) in [4.78, 5) is 14.6. The van der Waals surface area contributed by atoms with Crippen molar-refractivity contribution < 1.29 is 13.9 Å². The minimum Gasteiger partial charge on any atom is -0.496 e. The molecular formula is C15H18N2O3S. The fourth-order valence-electron chi connectivity index (χ4n) is 1.78. The summed E-state index contributed by atoms with van der Waals surface area (Å²) < 4.78 is 10.5. The Bertz CT molecular complexity index is 599. The number of nitrogen functional groups attached to an aromatic ring is 1. The minimum atomic E-state index is 0.0234. The molecule has 0 fully saturated rings. The van der Waals surface area contributed by atoms with Crippen LogP contribution in [0.3, 0.4) is 0 Å². The molecule has 1 heterocycles. The average molecular weight is 306 g/mol. The first-order valence-corrected chi connectivity index (χ1v) is 7.41. The lowest BCUT2D eigenvalue weighted by atomic mass is 10.3. The van der Waals surface area contributed by atoms with Crippen LogP contribution in [0.5, 0.6) is 5.75 Å². The number of nitrogens with two attached hydrogens (primary N) is 1. The second kappa shape index (κ2) is 7.08. The van der Waals surface area contributed by atoms with Crippen LogP contribution in [-0.2, 0) is 11.3 Å². The second-order valence-corrected chi connectivity index (χ2v) is 5.55. The zero-order valence-electron chi connectivity index (χ0n) is 12.0. The summed E-state index contributed by atoms with van der Waals surface area (Å²) >= 11 is 1.43. The van der Waals surface area contributed by atoms with Gasteiger partial charge >= 0.3 is 0 Å². The third-order valence-electron chi connectivity index (χ3n) is 2.94. The van der Waals surface area contributed by atoms with Crippen molar-refractivity contribution in [1.82, 2.24) is 4.90 Å². The van der Waals surface area contributed by atoms with Crippen molar-refractivity contribution in [2.24, 2.45) is 0 Å². The van der Waals surface area contributed by atoms with Gasteiger partial charge in [-0.1, -0.05) is 0 Å². The summed E-state index contributed by atoms with van der Waals surface area (Å²) in [7, 11) is 3.34. The molecule has 2 aromatic rings. The number of nitrogens with zero attached hydrogens (tertiary/aromatic N) is 1. The maximum atomic E-state index is 12.1. The van der Waals surface area contributed by atoms with Crippen LogP contribution in [0.15, 0.2) is 45.9 Å². The molecule has 112 valence electrons. The van der Waals surface area contributed by atoms with Crippen LogP contribution < -0.4 is 10.5 Å². The highest BCUT2D eigenvalue weighted by Gasteiger charge is 2.13. The van der Waals surface area contributed by atoms with Gasteiger partial charge in [-0.25, -0.2) is 0 Å². The lowest BCUT2D eigenvalue weighted by Gasteiger charge is -2.16. The molecule has 0 aliphatic rings. The van der Waals surface area contributed by atoms with Crippen molar-refractivity contribution in [3.8, 4) is 5.75 Å². The zero-order chi connectivity index (χ0) is 15.2. The molecular weight excluding hydrogens is 288 g/mol. The molecule has 0 unspecified atom stereocenters. The van der Waals surface area contributed by atoms with Gasteiger partial charge in [-0.05, 0) is 24.3 Å². The predicted octanol–water partition coefficient (Wildman–Crippen LogP) is 2.62. The maximum absolute atomic E-state index is 12.1. The second-order valence-electron chi connectivity index (χ2n) is 4.53. The van der Waals surface area contributed by atoms with Gasteiger partial charge in [0.1, 0.15) is 11.5 Å². The lowest BCUT2D eigenvalue weighted by molar-refractivity contribution is -0.127. The van der Waals surface area contributed by atoms with Crippen molar-refractivity contribution in [1.29, 1.82) is 0 Å². The number of carbonyl (C=O) groups is 1. The molecule has 1 aromatic heterocycles.